The summed E-state index contributed by atoms with van der Waals surface area (Å²) < 4.78 is 11.3. The molecule has 1 heterocycles. The number of Topliss-reactive ketones (excluding diaryl/α,β-unsaturated/α-hetero) is 1. The SMILES string of the molecule is CCCC(=O)COc1ccc2oc3ccccc3c2c1. The number of ketones is 1. The highest BCUT2D eigenvalue weighted by Crippen LogP contribution is 2.31. The van der Waals surface area contributed by atoms with E-state index in [1.54, 1.807) is 0 Å². The molecule has 3 aromatic rings. The summed E-state index contributed by atoms with van der Waals surface area (Å²) in [5, 5.41) is 2.08. The van der Waals surface area contributed by atoms with Crippen molar-refractivity contribution in [3.8, 4) is 5.75 Å². The summed E-state index contributed by atoms with van der Waals surface area (Å²) in [7, 11) is 0. The van der Waals surface area contributed by atoms with Crippen LogP contribution in [0.25, 0.3) is 21.9 Å². The average molecular weight is 268 g/mol. The van der Waals surface area contributed by atoms with Gasteiger partial charge in [0.15, 0.2) is 5.78 Å². The summed E-state index contributed by atoms with van der Waals surface area (Å²) in [6, 6.07) is 13.5. The molecular formula is C17H16O3. The van der Waals surface area contributed by atoms with Crippen LogP contribution in [0, 0.1) is 0 Å². The van der Waals surface area contributed by atoms with Gasteiger partial charge in [-0.3, -0.25) is 4.79 Å². The van der Waals surface area contributed by atoms with Crippen molar-refractivity contribution in [3.63, 3.8) is 0 Å². The van der Waals surface area contributed by atoms with Gasteiger partial charge >= 0.3 is 0 Å². The van der Waals surface area contributed by atoms with Gasteiger partial charge in [-0.2, -0.15) is 0 Å². The highest BCUT2D eigenvalue weighted by atomic mass is 16.5. The Balaban J connectivity index is 1.90. The van der Waals surface area contributed by atoms with E-state index in [4.69, 9.17) is 9.15 Å². The normalized spacial score (nSPS) is 11.1. The lowest BCUT2D eigenvalue weighted by atomic mass is 10.1. The molecule has 0 aliphatic heterocycles. The minimum atomic E-state index is 0.129. The summed E-state index contributed by atoms with van der Waals surface area (Å²) in [4.78, 5) is 11.5. The first kappa shape index (κ1) is 12.7. The average Bonchev–Trinajstić information content (AvgIpc) is 2.83. The summed E-state index contributed by atoms with van der Waals surface area (Å²) in [6.45, 7) is 2.12. The van der Waals surface area contributed by atoms with Gasteiger partial charge in [-0.05, 0) is 30.7 Å². The van der Waals surface area contributed by atoms with E-state index in [1.807, 2.05) is 49.4 Å². The Morgan fingerprint density at radius 1 is 1.10 bits per heavy atom. The molecule has 0 spiro atoms. The number of benzene rings is 2. The second-order valence-corrected chi connectivity index (χ2v) is 4.83. The fourth-order valence-corrected chi connectivity index (χ4v) is 2.31. The van der Waals surface area contributed by atoms with E-state index in [2.05, 4.69) is 0 Å². The van der Waals surface area contributed by atoms with Crippen LogP contribution in [0.4, 0.5) is 0 Å². The first-order chi connectivity index (χ1) is 9.78. The smallest absolute Gasteiger partial charge is 0.170 e. The van der Waals surface area contributed by atoms with Crippen LogP contribution in [0.3, 0.4) is 0 Å². The van der Waals surface area contributed by atoms with Gasteiger partial charge < -0.3 is 9.15 Å². The van der Waals surface area contributed by atoms with E-state index in [-0.39, 0.29) is 12.4 Å². The number of fused-ring (bicyclic) bond motifs is 3. The molecule has 0 amide bonds. The maximum atomic E-state index is 11.5. The Kier molecular flexibility index (Phi) is 3.42. The molecular weight excluding hydrogens is 252 g/mol. The molecule has 1 aromatic heterocycles. The topological polar surface area (TPSA) is 39.4 Å². The zero-order valence-electron chi connectivity index (χ0n) is 11.4. The molecule has 0 atom stereocenters. The number of furan rings is 1. The van der Waals surface area contributed by atoms with Crippen LogP contribution in [-0.4, -0.2) is 12.4 Å². The van der Waals surface area contributed by atoms with Crippen molar-refractivity contribution in [2.24, 2.45) is 0 Å². The molecule has 3 nitrogen and oxygen atoms in total. The predicted octanol–water partition coefficient (Wildman–Crippen LogP) is 4.33. The largest absolute Gasteiger partial charge is 0.486 e. The summed E-state index contributed by atoms with van der Waals surface area (Å²) in [6.07, 6.45) is 1.42. The van der Waals surface area contributed by atoms with Crippen LogP contribution in [0.15, 0.2) is 46.9 Å². The third-order valence-electron chi connectivity index (χ3n) is 3.28. The van der Waals surface area contributed by atoms with Crippen molar-refractivity contribution in [3.05, 3.63) is 42.5 Å². The zero-order chi connectivity index (χ0) is 13.9. The third kappa shape index (κ3) is 2.39. The zero-order valence-corrected chi connectivity index (χ0v) is 11.4. The Hall–Kier alpha value is -2.29. The van der Waals surface area contributed by atoms with Gasteiger partial charge in [0.05, 0.1) is 0 Å². The van der Waals surface area contributed by atoms with Gasteiger partial charge in [0.2, 0.25) is 0 Å². The fraction of sp³-hybridized carbons (Fsp3) is 0.235. The van der Waals surface area contributed by atoms with E-state index < -0.39 is 0 Å². The molecule has 0 N–H and O–H groups in total. The molecule has 0 bridgehead atoms. The van der Waals surface area contributed by atoms with Crippen molar-refractivity contribution in [1.29, 1.82) is 0 Å². The molecule has 20 heavy (non-hydrogen) atoms. The van der Waals surface area contributed by atoms with E-state index in [9.17, 15) is 4.79 Å². The quantitative estimate of drug-likeness (QED) is 0.691. The van der Waals surface area contributed by atoms with Crippen molar-refractivity contribution in [2.45, 2.75) is 19.8 Å². The van der Waals surface area contributed by atoms with Gasteiger partial charge in [0.1, 0.15) is 23.5 Å². The molecule has 0 radical (unpaired) electrons. The van der Waals surface area contributed by atoms with Gasteiger partial charge in [-0.15, -0.1) is 0 Å². The maximum Gasteiger partial charge on any atom is 0.170 e. The van der Waals surface area contributed by atoms with E-state index in [0.29, 0.717) is 12.2 Å². The second-order valence-electron chi connectivity index (χ2n) is 4.83. The number of rotatable bonds is 5. The molecule has 2 aromatic carbocycles. The van der Waals surface area contributed by atoms with Crippen molar-refractivity contribution in [1.82, 2.24) is 0 Å². The Morgan fingerprint density at radius 3 is 2.75 bits per heavy atom. The van der Waals surface area contributed by atoms with Crippen LogP contribution >= 0.6 is 0 Å². The van der Waals surface area contributed by atoms with Crippen molar-refractivity contribution >= 4 is 27.7 Å². The van der Waals surface area contributed by atoms with Gasteiger partial charge in [0.25, 0.3) is 0 Å². The molecule has 0 saturated heterocycles. The van der Waals surface area contributed by atoms with Gasteiger partial charge in [-0.25, -0.2) is 0 Å². The van der Waals surface area contributed by atoms with Crippen LogP contribution in [0.1, 0.15) is 19.8 Å². The number of ether oxygens (including phenoxy) is 1. The third-order valence-corrected chi connectivity index (χ3v) is 3.28. The second kappa shape index (κ2) is 5.37. The molecule has 0 unspecified atom stereocenters. The molecule has 0 fully saturated rings. The van der Waals surface area contributed by atoms with Gasteiger partial charge in [-0.1, -0.05) is 25.1 Å². The van der Waals surface area contributed by atoms with Crippen molar-refractivity contribution in [2.75, 3.05) is 6.61 Å². The molecule has 102 valence electrons. The highest BCUT2D eigenvalue weighted by Gasteiger charge is 2.08. The Bertz CT molecular complexity index is 755. The lowest BCUT2D eigenvalue weighted by Crippen LogP contribution is -2.10. The van der Waals surface area contributed by atoms with Gasteiger partial charge in [0, 0.05) is 17.2 Å². The van der Waals surface area contributed by atoms with Crippen LogP contribution in [0.2, 0.25) is 0 Å². The molecule has 0 aliphatic rings. The molecule has 0 aliphatic carbocycles. The van der Waals surface area contributed by atoms with Crippen molar-refractivity contribution < 1.29 is 13.9 Å². The van der Waals surface area contributed by atoms with Crippen LogP contribution < -0.4 is 4.74 Å². The summed E-state index contributed by atoms with van der Waals surface area (Å²) in [5.41, 5.74) is 1.69. The minimum absolute atomic E-state index is 0.129. The summed E-state index contributed by atoms with van der Waals surface area (Å²) >= 11 is 0. The Morgan fingerprint density at radius 2 is 1.90 bits per heavy atom. The predicted molar refractivity (Wildman–Crippen MR) is 79.1 cm³/mol. The first-order valence-electron chi connectivity index (χ1n) is 6.83. The van der Waals surface area contributed by atoms with Crippen LogP contribution in [0.5, 0.6) is 5.75 Å². The van der Waals surface area contributed by atoms with Crippen LogP contribution in [-0.2, 0) is 4.79 Å². The minimum Gasteiger partial charge on any atom is -0.486 e. The number of para-hydroxylation sites is 1. The summed E-state index contributed by atoms with van der Waals surface area (Å²) in [5.74, 6) is 0.832. The van der Waals surface area contributed by atoms with E-state index in [1.165, 1.54) is 0 Å². The Labute approximate surface area is 117 Å². The molecule has 3 heteroatoms. The number of carbonyl (C=O) groups is 1. The standard InChI is InChI=1S/C17H16O3/c1-2-5-12(18)11-19-13-8-9-17-15(10-13)14-6-3-4-7-16(14)20-17/h3-4,6-10H,2,5,11H2,1H3. The lowest BCUT2D eigenvalue weighted by Gasteiger charge is -2.04. The molecule has 3 rings (SSSR count). The number of carbonyl (C=O) groups excluding carboxylic acids is 1. The molecule has 0 saturated carbocycles. The van der Waals surface area contributed by atoms with E-state index in [0.717, 1.165) is 28.4 Å². The lowest BCUT2D eigenvalue weighted by molar-refractivity contribution is -0.121. The fourth-order valence-electron chi connectivity index (χ4n) is 2.31. The highest BCUT2D eigenvalue weighted by molar-refractivity contribution is 6.05. The first-order valence-corrected chi connectivity index (χ1v) is 6.83. The number of hydrogen-bond acceptors (Lipinski definition) is 3. The van der Waals surface area contributed by atoms with E-state index >= 15 is 0 Å². The monoisotopic (exact) mass is 268 g/mol. The number of hydrogen-bond donors (Lipinski definition) is 0. The maximum absolute atomic E-state index is 11.5.